The minimum Gasteiger partial charge on any atom is -0.321 e. The van der Waals surface area contributed by atoms with Gasteiger partial charge in [-0.25, -0.2) is 4.79 Å². The van der Waals surface area contributed by atoms with Gasteiger partial charge in [-0.05, 0) is 40.2 Å². The van der Waals surface area contributed by atoms with Gasteiger partial charge in [-0.2, -0.15) is 0 Å². The van der Waals surface area contributed by atoms with Crippen molar-refractivity contribution >= 4 is 38.6 Å². The molecular formula is C15H13BrN4O2. The number of rotatable bonds is 2. The van der Waals surface area contributed by atoms with E-state index in [0.29, 0.717) is 15.7 Å². The van der Waals surface area contributed by atoms with Crippen LogP contribution < -0.4 is 11.0 Å². The first-order valence-corrected chi connectivity index (χ1v) is 7.34. The van der Waals surface area contributed by atoms with Crippen molar-refractivity contribution in [1.82, 2.24) is 14.1 Å². The summed E-state index contributed by atoms with van der Waals surface area (Å²) in [5, 5.41) is 2.84. The van der Waals surface area contributed by atoms with E-state index < -0.39 is 0 Å². The van der Waals surface area contributed by atoms with Gasteiger partial charge in [0.05, 0.1) is 16.7 Å². The second-order valence-electron chi connectivity index (χ2n) is 4.91. The lowest BCUT2D eigenvalue weighted by molar-refractivity contribution is 0.102. The largest absolute Gasteiger partial charge is 0.328 e. The molecule has 3 aromatic rings. The van der Waals surface area contributed by atoms with Crippen LogP contribution in [0.2, 0.25) is 0 Å². The van der Waals surface area contributed by atoms with Crippen LogP contribution >= 0.6 is 15.9 Å². The highest BCUT2D eigenvalue weighted by molar-refractivity contribution is 9.10. The van der Waals surface area contributed by atoms with E-state index in [1.165, 1.54) is 0 Å². The summed E-state index contributed by atoms with van der Waals surface area (Å²) in [6.07, 6.45) is 3.13. The number of pyridine rings is 1. The molecule has 1 amide bonds. The van der Waals surface area contributed by atoms with Crippen LogP contribution in [-0.2, 0) is 14.1 Å². The van der Waals surface area contributed by atoms with Crippen LogP contribution in [0.5, 0.6) is 0 Å². The topological polar surface area (TPSA) is 68.9 Å². The van der Waals surface area contributed by atoms with Gasteiger partial charge >= 0.3 is 5.69 Å². The molecule has 1 N–H and O–H groups in total. The summed E-state index contributed by atoms with van der Waals surface area (Å²) >= 11 is 3.43. The van der Waals surface area contributed by atoms with E-state index in [1.807, 2.05) is 6.07 Å². The summed E-state index contributed by atoms with van der Waals surface area (Å²) < 4.78 is 3.82. The third-order valence-corrected chi connectivity index (χ3v) is 4.21. The Morgan fingerprint density at radius 1 is 1.14 bits per heavy atom. The SMILES string of the molecule is Cn1c(=O)n(C)c2cc(NC(=O)c3ccncc3)c(Br)cc21. The smallest absolute Gasteiger partial charge is 0.321 e. The molecule has 0 bridgehead atoms. The van der Waals surface area contributed by atoms with Gasteiger partial charge in [0.2, 0.25) is 0 Å². The van der Waals surface area contributed by atoms with Gasteiger partial charge in [0.15, 0.2) is 0 Å². The maximum absolute atomic E-state index is 12.2. The molecule has 0 aliphatic carbocycles. The number of aryl methyl sites for hydroxylation is 2. The average Bonchev–Trinajstić information content (AvgIpc) is 2.73. The van der Waals surface area contributed by atoms with Gasteiger partial charge in [-0.15, -0.1) is 0 Å². The Morgan fingerprint density at radius 3 is 2.36 bits per heavy atom. The van der Waals surface area contributed by atoms with Crippen molar-refractivity contribution in [3.63, 3.8) is 0 Å². The Morgan fingerprint density at radius 2 is 1.73 bits per heavy atom. The third kappa shape index (κ3) is 2.33. The molecule has 2 aromatic heterocycles. The van der Waals surface area contributed by atoms with Crippen LogP contribution in [-0.4, -0.2) is 20.0 Å². The lowest BCUT2D eigenvalue weighted by Crippen LogP contribution is -2.19. The molecule has 3 rings (SSSR count). The Balaban J connectivity index is 2.05. The second kappa shape index (κ2) is 5.42. The Kier molecular flexibility index (Phi) is 3.58. The molecule has 0 saturated carbocycles. The number of hydrogen-bond donors (Lipinski definition) is 1. The van der Waals surface area contributed by atoms with Crippen LogP contribution in [0.4, 0.5) is 5.69 Å². The van der Waals surface area contributed by atoms with Crippen molar-refractivity contribution in [2.24, 2.45) is 14.1 Å². The number of benzene rings is 1. The second-order valence-corrected chi connectivity index (χ2v) is 5.77. The Bertz CT molecular complexity index is 928. The van der Waals surface area contributed by atoms with E-state index in [4.69, 9.17) is 0 Å². The van der Waals surface area contributed by atoms with Crippen molar-refractivity contribution in [1.29, 1.82) is 0 Å². The highest BCUT2D eigenvalue weighted by Crippen LogP contribution is 2.28. The number of nitrogens with zero attached hydrogens (tertiary/aromatic N) is 3. The van der Waals surface area contributed by atoms with Crippen LogP contribution in [0.3, 0.4) is 0 Å². The van der Waals surface area contributed by atoms with Crippen LogP contribution in [0.15, 0.2) is 45.9 Å². The Hall–Kier alpha value is -2.41. The maximum Gasteiger partial charge on any atom is 0.328 e. The highest BCUT2D eigenvalue weighted by atomic mass is 79.9. The van der Waals surface area contributed by atoms with Crippen LogP contribution in [0, 0.1) is 0 Å². The molecule has 0 unspecified atom stereocenters. The molecule has 6 nitrogen and oxygen atoms in total. The third-order valence-electron chi connectivity index (χ3n) is 3.55. The minimum absolute atomic E-state index is 0.112. The number of amides is 1. The fourth-order valence-electron chi connectivity index (χ4n) is 2.31. The van der Waals surface area contributed by atoms with Crippen molar-refractivity contribution in [2.45, 2.75) is 0 Å². The van der Waals surface area contributed by atoms with E-state index in [9.17, 15) is 9.59 Å². The number of halogens is 1. The molecule has 22 heavy (non-hydrogen) atoms. The van der Waals surface area contributed by atoms with Crippen LogP contribution in [0.25, 0.3) is 11.0 Å². The lowest BCUT2D eigenvalue weighted by Gasteiger charge is -2.08. The lowest BCUT2D eigenvalue weighted by atomic mass is 10.2. The minimum atomic E-state index is -0.233. The monoisotopic (exact) mass is 360 g/mol. The molecule has 0 fully saturated rings. The summed E-state index contributed by atoms with van der Waals surface area (Å²) in [5.41, 5.74) is 2.56. The molecule has 1 aromatic carbocycles. The maximum atomic E-state index is 12.2. The number of imidazole rings is 1. The molecule has 0 radical (unpaired) electrons. The van der Waals surface area contributed by atoms with E-state index in [1.54, 1.807) is 53.8 Å². The zero-order chi connectivity index (χ0) is 15.9. The number of carbonyl (C=O) groups excluding carboxylic acids is 1. The molecule has 0 aliphatic rings. The number of hydrogen-bond acceptors (Lipinski definition) is 3. The van der Waals surface area contributed by atoms with Crippen LogP contribution in [0.1, 0.15) is 10.4 Å². The van der Waals surface area contributed by atoms with Gasteiger partial charge in [0.25, 0.3) is 5.91 Å². The first kappa shape index (κ1) is 14.5. The van der Waals surface area contributed by atoms with E-state index >= 15 is 0 Å². The number of fused-ring (bicyclic) bond motifs is 1. The molecular weight excluding hydrogens is 348 g/mol. The standard InChI is InChI=1S/C15H13BrN4O2/c1-19-12-7-10(16)11(8-13(12)20(2)15(19)22)18-14(21)9-3-5-17-6-4-9/h3-8H,1-2H3,(H,18,21). The fourth-order valence-corrected chi connectivity index (χ4v) is 2.74. The van der Waals surface area contributed by atoms with Crippen molar-refractivity contribution in [3.05, 3.63) is 57.2 Å². The first-order valence-electron chi connectivity index (χ1n) is 6.55. The van der Waals surface area contributed by atoms with E-state index in [-0.39, 0.29) is 11.6 Å². The fraction of sp³-hybridized carbons (Fsp3) is 0.133. The summed E-state index contributed by atoms with van der Waals surface area (Å²) in [5.74, 6) is -0.233. The Labute approximate surface area is 134 Å². The molecule has 0 atom stereocenters. The molecule has 112 valence electrons. The first-order chi connectivity index (χ1) is 10.5. The van der Waals surface area contributed by atoms with Crippen molar-refractivity contribution in [3.8, 4) is 0 Å². The summed E-state index contributed by atoms with van der Waals surface area (Å²) in [4.78, 5) is 28.1. The van der Waals surface area contributed by atoms with Crippen molar-refractivity contribution in [2.75, 3.05) is 5.32 Å². The normalized spacial score (nSPS) is 10.9. The zero-order valence-corrected chi connectivity index (χ0v) is 13.6. The number of anilines is 1. The molecule has 2 heterocycles. The summed E-state index contributed by atoms with van der Waals surface area (Å²) in [6, 6.07) is 6.87. The van der Waals surface area contributed by atoms with E-state index in [0.717, 1.165) is 11.0 Å². The number of aromatic nitrogens is 3. The van der Waals surface area contributed by atoms with Gasteiger partial charge in [0.1, 0.15) is 0 Å². The quantitative estimate of drug-likeness (QED) is 0.762. The van der Waals surface area contributed by atoms with Crippen molar-refractivity contribution < 1.29 is 4.79 Å². The summed E-state index contributed by atoms with van der Waals surface area (Å²) in [6.45, 7) is 0. The predicted molar refractivity (Wildman–Crippen MR) is 88.1 cm³/mol. The average molecular weight is 361 g/mol. The zero-order valence-electron chi connectivity index (χ0n) is 12.0. The molecule has 7 heteroatoms. The van der Waals surface area contributed by atoms with Gasteiger partial charge in [-0.3, -0.25) is 18.9 Å². The molecule has 0 saturated heterocycles. The van der Waals surface area contributed by atoms with Gasteiger partial charge in [0, 0.05) is 36.5 Å². The van der Waals surface area contributed by atoms with Gasteiger partial charge in [-0.1, -0.05) is 0 Å². The number of carbonyl (C=O) groups is 1. The number of nitrogens with one attached hydrogen (secondary N) is 1. The highest BCUT2D eigenvalue weighted by Gasteiger charge is 2.13. The predicted octanol–water partition coefficient (Wildman–Crippen LogP) is 2.29. The summed E-state index contributed by atoms with van der Waals surface area (Å²) in [7, 11) is 3.42. The molecule has 0 aliphatic heterocycles. The molecule has 0 spiro atoms. The van der Waals surface area contributed by atoms with E-state index in [2.05, 4.69) is 26.2 Å². The van der Waals surface area contributed by atoms with Gasteiger partial charge < -0.3 is 5.32 Å².